The normalized spacial score (nSPS) is 25.6. The van der Waals surface area contributed by atoms with Gasteiger partial charge in [-0.25, -0.2) is 0 Å². The lowest BCUT2D eigenvalue weighted by molar-refractivity contribution is -0.130. The molecule has 1 N–H and O–H groups in total. The molecular formula is C14H27N3O. The van der Waals surface area contributed by atoms with Gasteiger partial charge in [0.05, 0.1) is 0 Å². The van der Waals surface area contributed by atoms with Crippen molar-refractivity contribution < 1.29 is 4.79 Å². The van der Waals surface area contributed by atoms with Gasteiger partial charge in [0.25, 0.3) is 0 Å². The number of nitrogens with one attached hydrogen (secondary N) is 1. The van der Waals surface area contributed by atoms with Crippen LogP contribution < -0.4 is 5.32 Å². The zero-order chi connectivity index (χ0) is 12.8. The first-order chi connectivity index (χ1) is 8.77. The van der Waals surface area contributed by atoms with E-state index in [1.807, 2.05) is 4.90 Å². The Balaban J connectivity index is 1.56. The van der Waals surface area contributed by atoms with E-state index in [0.717, 1.165) is 26.2 Å². The second kappa shape index (κ2) is 7.10. The summed E-state index contributed by atoms with van der Waals surface area (Å²) in [5.74, 6) is 0.331. The number of hydrogen-bond donors (Lipinski definition) is 1. The second-order valence-electron chi connectivity index (χ2n) is 5.67. The second-order valence-corrected chi connectivity index (χ2v) is 5.67. The van der Waals surface area contributed by atoms with E-state index in [1.165, 1.54) is 38.6 Å². The average Bonchev–Trinajstić information content (AvgIpc) is 2.90. The van der Waals surface area contributed by atoms with E-state index in [1.54, 1.807) is 0 Å². The molecule has 1 amide bonds. The van der Waals surface area contributed by atoms with E-state index >= 15 is 0 Å². The highest BCUT2D eigenvalue weighted by Crippen LogP contribution is 2.14. The van der Waals surface area contributed by atoms with Gasteiger partial charge in [0.15, 0.2) is 0 Å². The van der Waals surface area contributed by atoms with Crippen LogP contribution in [0.15, 0.2) is 0 Å². The van der Waals surface area contributed by atoms with Crippen LogP contribution in [0.25, 0.3) is 0 Å². The Labute approximate surface area is 111 Å². The van der Waals surface area contributed by atoms with Crippen LogP contribution in [-0.2, 0) is 4.79 Å². The van der Waals surface area contributed by atoms with Crippen molar-refractivity contribution in [2.75, 3.05) is 39.8 Å². The third kappa shape index (κ3) is 3.95. The van der Waals surface area contributed by atoms with Gasteiger partial charge in [-0.05, 0) is 39.3 Å². The highest BCUT2D eigenvalue weighted by molar-refractivity contribution is 5.76. The smallest absolute Gasteiger partial charge is 0.223 e. The number of carbonyl (C=O) groups excluding carboxylic acids is 1. The number of nitrogens with zero attached hydrogens (tertiary/aromatic N) is 2. The first-order valence-electron chi connectivity index (χ1n) is 7.46. The predicted molar refractivity (Wildman–Crippen MR) is 73.6 cm³/mol. The minimum absolute atomic E-state index is 0.331. The number of piperidine rings is 1. The summed E-state index contributed by atoms with van der Waals surface area (Å²) in [6.45, 7) is 5.04. The van der Waals surface area contributed by atoms with E-state index < -0.39 is 0 Å². The molecule has 2 fully saturated rings. The Kier molecular flexibility index (Phi) is 5.45. The molecule has 0 radical (unpaired) electrons. The van der Waals surface area contributed by atoms with Gasteiger partial charge in [-0.1, -0.05) is 6.42 Å². The molecule has 2 aliphatic heterocycles. The van der Waals surface area contributed by atoms with Crippen molar-refractivity contribution in [1.82, 2.24) is 15.1 Å². The average molecular weight is 253 g/mol. The van der Waals surface area contributed by atoms with Crippen molar-refractivity contribution >= 4 is 5.91 Å². The molecule has 0 aliphatic carbocycles. The van der Waals surface area contributed by atoms with Crippen molar-refractivity contribution in [2.45, 2.75) is 44.6 Å². The number of carbonyl (C=O) groups is 1. The van der Waals surface area contributed by atoms with Crippen molar-refractivity contribution in [3.8, 4) is 0 Å². The number of likely N-dealkylation sites (N-methyl/N-ethyl adjacent to an activating group) is 1. The molecular weight excluding hydrogens is 226 g/mol. The lowest BCUT2D eigenvalue weighted by Crippen LogP contribution is -2.43. The van der Waals surface area contributed by atoms with Crippen LogP contribution in [0, 0.1) is 0 Å². The molecule has 18 heavy (non-hydrogen) atoms. The van der Waals surface area contributed by atoms with Crippen LogP contribution in [-0.4, -0.2) is 61.5 Å². The molecule has 4 nitrogen and oxygen atoms in total. The lowest BCUT2D eigenvalue weighted by atomic mass is 10.0. The van der Waals surface area contributed by atoms with Crippen molar-refractivity contribution in [3.05, 3.63) is 0 Å². The van der Waals surface area contributed by atoms with E-state index in [-0.39, 0.29) is 0 Å². The Morgan fingerprint density at radius 1 is 1.17 bits per heavy atom. The van der Waals surface area contributed by atoms with Gasteiger partial charge < -0.3 is 15.1 Å². The summed E-state index contributed by atoms with van der Waals surface area (Å²) in [5, 5.41) is 3.45. The molecule has 1 unspecified atom stereocenters. The van der Waals surface area contributed by atoms with Gasteiger partial charge in [-0.2, -0.15) is 0 Å². The van der Waals surface area contributed by atoms with Gasteiger partial charge in [0, 0.05) is 38.6 Å². The van der Waals surface area contributed by atoms with Crippen LogP contribution in [0.3, 0.4) is 0 Å². The van der Waals surface area contributed by atoms with E-state index in [0.29, 0.717) is 18.4 Å². The Bertz CT molecular complexity index is 264. The van der Waals surface area contributed by atoms with Crippen LogP contribution >= 0.6 is 0 Å². The SMILES string of the molecule is CN1CCCCC1CNCCC(=O)N1CCCC1. The summed E-state index contributed by atoms with van der Waals surface area (Å²) >= 11 is 0. The Hall–Kier alpha value is -0.610. The zero-order valence-electron chi connectivity index (χ0n) is 11.7. The lowest BCUT2D eigenvalue weighted by Gasteiger charge is -2.32. The van der Waals surface area contributed by atoms with Gasteiger partial charge in [0.1, 0.15) is 0 Å². The molecule has 4 heteroatoms. The molecule has 0 aromatic carbocycles. The molecule has 0 bridgehead atoms. The maximum absolute atomic E-state index is 11.8. The van der Waals surface area contributed by atoms with Crippen LogP contribution in [0.5, 0.6) is 0 Å². The van der Waals surface area contributed by atoms with Gasteiger partial charge in [-0.15, -0.1) is 0 Å². The quantitative estimate of drug-likeness (QED) is 0.745. The molecule has 2 saturated heterocycles. The van der Waals surface area contributed by atoms with Crippen LogP contribution in [0.2, 0.25) is 0 Å². The third-order valence-corrected chi connectivity index (χ3v) is 4.28. The Morgan fingerprint density at radius 2 is 1.89 bits per heavy atom. The first kappa shape index (κ1) is 13.8. The fourth-order valence-corrected chi connectivity index (χ4v) is 2.99. The minimum atomic E-state index is 0.331. The fourth-order valence-electron chi connectivity index (χ4n) is 2.99. The van der Waals surface area contributed by atoms with Gasteiger partial charge in [0.2, 0.25) is 5.91 Å². The topological polar surface area (TPSA) is 35.6 Å². The summed E-state index contributed by atoms with van der Waals surface area (Å²) in [6.07, 6.45) is 7.02. The largest absolute Gasteiger partial charge is 0.343 e. The van der Waals surface area contributed by atoms with Crippen molar-refractivity contribution in [1.29, 1.82) is 0 Å². The van der Waals surface area contributed by atoms with E-state index in [9.17, 15) is 4.79 Å². The molecule has 2 rings (SSSR count). The minimum Gasteiger partial charge on any atom is -0.343 e. The highest BCUT2D eigenvalue weighted by atomic mass is 16.2. The monoisotopic (exact) mass is 253 g/mol. The molecule has 0 aromatic rings. The van der Waals surface area contributed by atoms with Crippen LogP contribution in [0.1, 0.15) is 38.5 Å². The summed E-state index contributed by atoms with van der Waals surface area (Å²) < 4.78 is 0. The van der Waals surface area contributed by atoms with E-state index in [2.05, 4.69) is 17.3 Å². The predicted octanol–water partition coefficient (Wildman–Crippen LogP) is 1.07. The van der Waals surface area contributed by atoms with Gasteiger partial charge in [-0.3, -0.25) is 4.79 Å². The molecule has 2 aliphatic rings. The summed E-state index contributed by atoms with van der Waals surface area (Å²) in [6, 6.07) is 0.667. The fraction of sp³-hybridized carbons (Fsp3) is 0.929. The first-order valence-corrected chi connectivity index (χ1v) is 7.46. The van der Waals surface area contributed by atoms with E-state index in [4.69, 9.17) is 0 Å². The number of likely N-dealkylation sites (tertiary alicyclic amines) is 2. The number of rotatable bonds is 5. The summed E-state index contributed by atoms with van der Waals surface area (Å²) in [5.41, 5.74) is 0. The number of amides is 1. The molecule has 1 atom stereocenters. The molecule has 0 aromatic heterocycles. The van der Waals surface area contributed by atoms with Gasteiger partial charge >= 0.3 is 0 Å². The molecule has 2 heterocycles. The maximum Gasteiger partial charge on any atom is 0.223 e. The zero-order valence-corrected chi connectivity index (χ0v) is 11.7. The highest BCUT2D eigenvalue weighted by Gasteiger charge is 2.19. The molecule has 104 valence electrons. The molecule has 0 spiro atoms. The summed E-state index contributed by atoms with van der Waals surface area (Å²) in [4.78, 5) is 16.3. The molecule has 0 saturated carbocycles. The standard InChI is InChI=1S/C14H27N3O/c1-16-9-3-2-6-13(16)12-15-8-7-14(18)17-10-4-5-11-17/h13,15H,2-12H2,1H3. The summed E-state index contributed by atoms with van der Waals surface area (Å²) in [7, 11) is 2.21. The van der Waals surface area contributed by atoms with Crippen molar-refractivity contribution in [2.24, 2.45) is 0 Å². The maximum atomic E-state index is 11.8. The van der Waals surface area contributed by atoms with Crippen molar-refractivity contribution in [3.63, 3.8) is 0 Å². The third-order valence-electron chi connectivity index (χ3n) is 4.28. The Morgan fingerprint density at radius 3 is 2.61 bits per heavy atom. The number of hydrogen-bond acceptors (Lipinski definition) is 3. The van der Waals surface area contributed by atoms with Crippen LogP contribution in [0.4, 0.5) is 0 Å².